The molecule has 1 aliphatic heterocycles. The van der Waals surface area contributed by atoms with Crippen LogP contribution in [0.1, 0.15) is 25.5 Å². The molecule has 2 aromatic rings. The van der Waals surface area contributed by atoms with Crippen LogP contribution in [0.2, 0.25) is 0 Å². The lowest BCUT2D eigenvalue weighted by Gasteiger charge is -2.28. The zero-order valence-electron chi connectivity index (χ0n) is 15.9. The fourth-order valence-corrected chi connectivity index (χ4v) is 3.10. The van der Waals surface area contributed by atoms with E-state index in [1.54, 1.807) is 37.3 Å². The smallest absolute Gasteiger partial charge is 0.319 e. The normalized spacial score (nSPS) is 15.9. The Morgan fingerprint density at radius 2 is 2.00 bits per heavy atom. The molecule has 3 N–H and O–H groups in total. The molecule has 0 bridgehead atoms. The maximum atomic E-state index is 13.1. The summed E-state index contributed by atoms with van der Waals surface area (Å²) >= 11 is 0. The number of nitrogens with zero attached hydrogens (tertiary/aromatic N) is 1. The van der Waals surface area contributed by atoms with E-state index in [0.29, 0.717) is 29.3 Å². The van der Waals surface area contributed by atoms with Gasteiger partial charge >= 0.3 is 6.03 Å². The average molecular weight is 396 g/mol. The number of carbonyl (C=O) groups excluding carboxylic acids is 2. The highest BCUT2D eigenvalue weighted by molar-refractivity contribution is 6.07. The van der Waals surface area contributed by atoms with Crippen molar-refractivity contribution in [3.8, 4) is 5.75 Å². The van der Waals surface area contributed by atoms with E-state index in [4.69, 9.17) is 4.74 Å². The summed E-state index contributed by atoms with van der Waals surface area (Å²) in [6.45, 7) is 3.87. The van der Waals surface area contributed by atoms with E-state index in [2.05, 4.69) is 16.0 Å². The second-order valence-electron chi connectivity index (χ2n) is 6.31. The van der Waals surface area contributed by atoms with Gasteiger partial charge in [-0.05, 0) is 31.5 Å². The Hall–Kier alpha value is -3.88. The van der Waals surface area contributed by atoms with Crippen molar-refractivity contribution < 1.29 is 19.2 Å². The van der Waals surface area contributed by atoms with Crippen molar-refractivity contribution >= 4 is 23.3 Å². The molecule has 0 radical (unpaired) electrons. The summed E-state index contributed by atoms with van der Waals surface area (Å²) in [6.07, 6.45) is 0. The highest BCUT2D eigenvalue weighted by Crippen LogP contribution is 2.31. The number of para-hydroxylation sites is 2. The number of non-ortho nitro benzene ring substituents is 1. The molecule has 9 heteroatoms. The number of urea groups is 1. The first-order chi connectivity index (χ1) is 13.9. The Bertz CT molecular complexity index is 1000. The number of amides is 3. The van der Waals surface area contributed by atoms with Crippen LogP contribution in [0, 0.1) is 10.1 Å². The molecule has 150 valence electrons. The molecule has 0 aromatic heterocycles. The molecule has 29 heavy (non-hydrogen) atoms. The number of anilines is 1. The van der Waals surface area contributed by atoms with Crippen molar-refractivity contribution in [1.82, 2.24) is 10.6 Å². The molecule has 0 saturated carbocycles. The van der Waals surface area contributed by atoms with E-state index in [1.165, 1.54) is 18.2 Å². The van der Waals surface area contributed by atoms with Crippen LogP contribution in [-0.2, 0) is 4.79 Å². The van der Waals surface area contributed by atoms with Gasteiger partial charge in [-0.2, -0.15) is 0 Å². The van der Waals surface area contributed by atoms with Crippen LogP contribution < -0.4 is 20.7 Å². The Morgan fingerprint density at radius 1 is 1.24 bits per heavy atom. The monoisotopic (exact) mass is 396 g/mol. The second-order valence-corrected chi connectivity index (χ2v) is 6.31. The summed E-state index contributed by atoms with van der Waals surface area (Å²) in [5, 5.41) is 19.2. The minimum Gasteiger partial charge on any atom is -0.492 e. The van der Waals surface area contributed by atoms with Gasteiger partial charge in [-0.1, -0.05) is 24.3 Å². The molecule has 3 amide bonds. The number of ether oxygens (including phenoxy) is 1. The van der Waals surface area contributed by atoms with Gasteiger partial charge in [-0.15, -0.1) is 0 Å². The fourth-order valence-electron chi connectivity index (χ4n) is 3.10. The molecule has 1 heterocycles. The molecular weight excluding hydrogens is 376 g/mol. The molecule has 0 fully saturated rings. The third-order valence-electron chi connectivity index (χ3n) is 4.36. The van der Waals surface area contributed by atoms with Crippen molar-refractivity contribution in [2.45, 2.75) is 19.9 Å². The Labute approximate surface area is 166 Å². The van der Waals surface area contributed by atoms with Gasteiger partial charge in [0, 0.05) is 17.8 Å². The van der Waals surface area contributed by atoms with Crippen LogP contribution in [0.25, 0.3) is 0 Å². The molecule has 0 spiro atoms. The van der Waals surface area contributed by atoms with Crippen molar-refractivity contribution in [2.24, 2.45) is 0 Å². The van der Waals surface area contributed by atoms with Gasteiger partial charge in [0.25, 0.3) is 11.6 Å². The topological polar surface area (TPSA) is 123 Å². The third-order valence-corrected chi connectivity index (χ3v) is 4.36. The quantitative estimate of drug-likeness (QED) is 0.511. The SMILES string of the molecule is CCOc1ccccc1NC(=O)C1=C(C)NC(=O)N[C@H]1c1cccc([N+](=O)[O-])c1. The first kappa shape index (κ1) is 19.9. The molecule has 0 saturated heterocycles. The molecule has 2 aromatic carbocycles. The van der Waals surface area contributed by atoms with Crippen LogP contribution in [0.15, 0.2) is 59.8 Å². The number of rotatable bonds is 6. The largest absolute Gasteiger partial charge is 0.492 e. The van der Waals surface area contributed by atoms with Crippen molar-refractivity contribution in [1.29, 1.82) is 0 Å². The summed E-state index contributed by atoms with van der Waals surface area (Å²) in [5.74, 6) is 0.0555. The number of hydrogen-bond donors (Lipinski definition) is 3. The van der Waals surface area contributed by atoms with Crippen LogP contribution in [-0.4, -0.2) is 23.5 Å². The lowest BCUT2D eigenvalue weighted by atomic mass is 9.94. The first-order valence-corrected chi connectivity index (χ1v) is 8.96. The minimum atomic E-state index is -0.845. The number of nitrogens with one attached hydrogen (secondary N) is 3. The number of benzene rings is 2. The number of carbonyl (C=O) groups is 2. The zero-order valence-corrected chi connectivity index (χ0v) is 15.9. The van der Waals surface area contributed by atoms with E-state index < -0.39 is 22.9 Å². The molecule has 1 atom stereocenters. The summed E-state index contributed by atoms with van der Waals surface area (Å²) in [4.78, 5) is 35.7. The Kier molecular flexibility index (Phi) is 5.77. The number of nitro groups is 1. The molecule has 0 aliphatic carbocycles. The highest BCUT2D eigenvalue weighted by Gasteiger charge is 2.32. The van der Waals surface area contributed by atoms with Crippen LogP contribution in [0.4, 0.5) is 16.2 Å². The van der Waals surface area contributed by atoms with Gasteiger partial charge < -0.3 is 20.7 Å². The Balaban J connectivity index is 1.97. The maximum Gasteiger partial charge on any atom is 0.319 e. The van der Waals surface area contributed by atoms with E-state index in [1.807, 2.05) is 6.92 Å². The van der Waals surface area contributed by atoms with Crippen molar-refractivity contribution in [2.75, 3.05) is 11.9 Å². The van der Waals surface area contributed by atoms with Gasteiger partial charge in [-0.3, -0.25) is 14.9 Å². The lowest BCUT2D eigenvalue weighted by Crippen LogP contribution is -2.46. The van der Waals surface area contributed by atoms with E-state index in [-0.39, 0.29) is 11.3 Å². The third kappa shape index (κ3) is 4.34. The lowest BCUT2D eigenvalue weighted by molar-refractivity contribution is -0.384. The minimum absolute atomic E-state index is 0.130. The maximum absolute atomic E-state index is 13.1. The predicted molar refractivity (Wildman–Crippen MR) is 106 cm³/mol. The van der Waals surface area contributed by atoms with E-state index in [0.717, 1.165) is 0 Å². The molecule has 3 rings (SSSR count). The van der Waals surface area contributed by atoms with Crippen molar-refractivity contribution in [3.63, 3.8) is 0 Å². The first-order valence-electron chi connectivity index (χ1n) is 8.96. The van der Waals surface area contributed by atoms with Gasteiger partial charge in [-0.25, -0.2) is 4.79 Å². The summed E-state index contributed by atoms with van der Waals surface area (Å²) in [5.41, 5.74) is 1.38. The number of allylic oxidation sites excluding steroid dienone is 1. The molecule has 0 unspecified atom stereocenters. The second kappa shape index (κ2) is 8.42. The summed E-state index contributed by atoms with van der Waals surface area (Å²) < 4.78 is 5.53. The standard InChI is InChI=1S/C20H20N4O5/c1-3-29-16-10-5-4-9-15(16)22-19(25)17-12(2)21-20(26)23-18(17)13-7-6-8-14(11-13)24(27)28/h4-11,18H,3H2,1-2H3,(H,22,25)(H2,21,23,26)/t18-/m0/s1. The van der Waals surface area contributed by atoms with Crippen LogP contribution in [0.5, 0.6) is 5.75 Å². The van der Waals surface area contributed by atoms with Gasteiger partial charge in [0.2, 0.25) is 0 Å². The van der Waals surface area contributed by atoms with Crippen LogP contribution >= 0.6 is 0 Å². The highest BCUT2D eigenvalue weighted by atomic mass is 16.6. The summed E-state index contributed by atoms with van der Waals surface area (Å²) in [7, 11) is 0. The van der Waals surface area contributed by atoms with E-state index in [9.17, 15) is 19.7 Å². The van der Waals surface area contributed by atoms with Crippen molar-refractivity contribution in [3.05, 3.63) is 75.5 Å². The van der Waals surface area contributed by atoms with Gasteiger partial charge in [0.1, 0.15) is 5.75 Å². The fraction of sp³-hybridized carbons (Fsp3) is 0.200. The van der Waals surface area contributed by atoms with Crippen LogP contribution in [0.3, 0.4) is 0 Å². The average Bonchev–Trinajstić information content (AvgIpc) is 2.69. The molecule has 1 aliphatic rings. The molecular formula is C20H20N4O5. The zero-order chi connectivity index (χ0) is 21.0. The van der Waals surface area contributed by atoms with E-state index >= 15 is 0 Å². The number of nitro benzene ring substituents is 1. The van der Waals surface area contributed by atoms with Gasteiger partial charge in [0.05, 0.1) is 28.8 Å². The number of hydrogen-bond acceptors (Lipinski definition) is 5. The molecule has 9 nitrogen and oxygen atoms in total. The van der Waals surface area contributed by atoms with Gasteiger partial charge in [0.15, 0.2) is 0 Å². The predicted octanol–water partition coefficient (Wildman–Crippen LogP) is 3.26. The summed E-state index contributed by atoms with van der Waals surface area (Å²) in [6, 6.07) is 11.5. The Morgan fingerprint density at radius 3 is 2.72 bits per heavy atom.